The lowest BCUT2D eigenvalue weighted by Crippen LogP contribution is -2.14. The first kappa shape index (κ1) is 15.2. The fraction of sp³-hybridized carbons (Fsp3) is 0.0833. The third-order valence-electron chi connectivity index (χ3n) is 2.75. The van der Waals surface area contributed by atoms with Gasteiger partial charge in [-0.25, -0.2) is 13.4 Å². The van der Waals surface area contributed by atoms with E-state index in [1.807, 2.05) is 0 Å². The van der Waals surface area contributed by atoms with Crippen LogP contribution in [0.2, 0.25) is 5.15 Å². The molecule has 21 heavy (non-hydrogen) atoms. The molecule has 0 saturated heterocycles. The van der Waals surface area contributed by atoms with E-state index in [1.165, 1.54) is 43.5 Å². The molecule has 0 saturated carbocycles. The number of nitrogens with one attached hydrogen (secondary N) is 1. The minimum atomic E-state index is -3.90. The smallest absolute Gasteiger partial charge is 0.274 e. The normalized spacial score (nSPS) is 11.1. The lowest BCUT2D eigenvalue weighted by Gasteiger charge is -2.10. The first-order valence-corrected chi connectivity index (χ1v) is 7.56. The highest BCUT2D eigenvalue weighted by Gasteiger charge is 2.19. The molecule has 0 unspecified atom stereocenters. The maximum absolute atomic E-state index is 12.2. The van der Waals surface area contributed by atoms with Crippen molar-refractivity contribution in [2.75, 3.05) is 4.72 Å². The standard InChI is InChI=1S/C12H10ClN3O4S/c1-8-10(3-2-4-11(8)16(17)18)15-21(19,20)9-5-6-14-12(13)7-9/h2-7,15H,1H3. The van der Waals surface area contributed by atoms with Gasteiger partial charge in [0.25, 0.3) is 15.7 Å². The predicted molar refractivity (Wildman–Crippen MR) is 77.9 cm³/mol. The first-order chi connectivity index (χ1) is 9.81. The third kappa shape index (κ3) is 3.29. The molecule has 1 heterocycles. The van der Waals surface area contributed by atoms with Crippen LogP contribution in [0.5, 0.6) is 0 Å². The zero-order chi connectivity index (χ0) is 15.6. The molecule has 0 aliphatic heterocycles. The molecule has 7 nitrogen and oxygen atoms in total. The molecule has 1 aromatic heterocycles. The van der Waals surface area contributed by atoms with E-state index < -0.39 is 14.9 Å². The van der Waals surface area contributed by atoms with Gasteiger partial charge < -0.3 is 0 Å². The van der Waals surface area contributed by atoms with Gasteiger partial charge in [0.1, 0.15) is 5.15 Å². The molecule has 1 N–H and O–H groups in total. The van der Waals surface area contributed by atoms with Crippen molar-refractivity contribution >= 4 is 33.0 Å². The van der Waals surface area contributed by atoms with Gasteiger partial charge in [-0.1, -0.05) is 17.7 Å². The number of aromatic nitrogens is 1. The Morgan fingerprint density at radius 2 is 2.05 bits per heavy atom. The lowest BCUT2D eigenvalue weighted by molar-refractivity contribution is -0.385. The Balaban J connectivity index is 2.42. The number of nitrogens with zero attached hydrogens (tertiary/aromatic N) is 2. The molecule has 0 spiro atoms. The summed E-state index contributed by atoms with van der Waals surface area (Å²) in [5.41, 5.74) is 0.200. The molecular formula is C12H10ClN3O4S. The summed E-state index contributed by atoms with van der Waals surface area (Å²) in [6, 6.07) is 6.62. The van der Waals surface area contributed by atoms with Gasteiger partial charge in [-0.2, -0.15) is 0 Å². The monoisotopic (exact) mass is 327 g/mol. The summed E-state index contributed by atoms with van der Waals surface area (Å²) in [5, 5.41) is 10.9. The van der Waals surface area contributed by atoms with Gasteiger partial charge in [-0.05, 0) is 25.1 Å². The van der Waals surface area contributed by atoms with Crippen molar-refractivity contribution in [1.82, 2.24) is 4.98 Å². The summed E-state index contributed by atoms with van der Waals surface area (Å²) >= 11 is 5.66. The summed E-state index contributed by atoms with van der Waals surface area (Å²) in [6.07, 6.45) is 1.26. The molecule has 2 rings (SSSR count). The van der Waals surface area contributed by atoms with Gasteiger partial charge in [0, 0.05) is 12.3 Å². The number of anilines is 1. The highest BCUT2D eigenvalue weighted by molar-refractivity contribution is 7.92. The number of halogens is 1. The van der Waals surface area contributed by atoms with Crippen molar-refractivity contribution in [3.8, 4) is 0 Å². The molecule has 0 bridgehead atoms. The maximum atomic E-state index is 12.2. The van der Waals surface area contributed by atoms with E-state index in [0.29, 0.717) is 0 Å². The van der Waals surface area contributed by atoms with Crippen molar-refractivity contribution in [2.45, 2.75) is 11.8 Å². The van der Waals surface area contributed by atoms with Gasteiger partial charge in [-0.3, -0.25) is 14.8 Å². The van der Waals surface area contributed by atoms with Gasteiger partial charge >= 0.3 is 0 Å². The number of hydrogen-bond donors (Lipinski definition) is 1. The van der Waals surface area contributed by atoms with Crippen LogP contribution in [0.1, 0.15) is 5.56 Å². The van der Waals surface area contributed by atoms with E-state index in [9.17, 15) is 18.5 Å². The molecule has 0 fully saturated rings. The van der Waals surface area contributed by atoms with E-state index in [1.54, 1.807) is 0 Å². The highest BCUT2D eigenvalue weighted by atomic mass is 35.5. The van der Waals surface area contributed by atoms with Crippen molar-refractivity contribution in [2.24, 2.45) is 0 Å². The first-order valence-electron chi connectivity index (χ1n) is 5.69. The average Bonchev–Trinajstić information content (AvgIpc) is 2.40. The van der Waals surface area contributed by atoms with Crippen molar-refractivity contribution < 1.29 is 13.3 Å². The van der Waals surface area contributed by atoms with Crippen LogP contribution in [0.15, 0.2) is 41.4 Å². The SMILES string of the molecule is Cc1c(NS(=O)(=O)c2ccnc(Cl)c2)cccc1[N+](=O)[O-]. The van der Waals surface area contributed by atoms with Crippen LogP contribution in [0.25, 0.3) is 0 Å². The van der Waals surface area contributed by atoms with Crippen LogP contribution < -0.4 is 4.72 Å². The van der Waals surface area contributed by atoms with E-state index in [2.05, 4.69) is 9.71 Å². The second kappa shape index (κ2) is 5.66. The number of pyridine rings is 1. The predicted octanol–water partition coefficient (Wildman–Crippen LogP) is 2.75. The second-order valence-corrected chi connectivity index (χ2v) is 6.20. The fourth-order valence-corrected chi connectivity index (χ4v) is 3.06. The zero-order valence-electron chi connectivity index (χ0n) is 10.8. The van der Waals surface area contributed by atoms with Crippen molar-refractivity contribution in [3.05, 3.63) is 57.4 Å². The lowest BCUT2D eigenvalue weighted by atomic mass is 10.2. The summed E-state index contributed by atoms with van der Waals surface area (Å²) in [6.45, 7) is 1.47. The number of nitro benzene ring substituents is 1. The molecule has 0 amide bonds. The Morgan fingerprint density at radius 1 is 1.33 bits per heavy atom. The molecule has 0 aliphatic rings. The molecule has 0 atom stereocenters. The van der Waals surface area contributed by atoms with Gasteiger partial charge in [-0.15, -0.1) is 0 Å². The summed E-state index contributed by atoms with van der Waals surface area (Å²) in [7, 11) is -3.90. The summed E-state index contributed by atoms with van der Waals surface area (Å²) in [5.74, 6) is 0. The Kier molecular flexibility index (Phi) is 4.10. The quantitative estimate of drug-likeness (QED) is 0.528. The van der Waals surface area contributed by atoms with Gasteiger partial charge in [0.15, 0.2) is 0 Å². The Labute approximate surface area is 125 Å². The topological polar surface area (TPSA) is 102 Å². The Morgan fingerprint density at radius 3 is 2.67 bits per heavy atom. The van der Waals surface area contributed by atoms with Crippen LogP contribution in [-0.4, -0.2) is 18.3 Å². The molecule has 9 heteroatoms. The third-order valence-corrected chi connectivity index (χ3v) is 4.32. The molecular weight excluding hydrogens is 318 g/mol. The number of benzene rings is 1. The number of rotatable bonds is 4. The van der Waals surface area contributed by atoms with E-state index in [4.69, 9.17) is 11.6 Å². The number of sulfonamides is 1. The minimum absolute atomic E-state index is 0.0358. The number of hydrogen-bond acceptors (Lipinski definition) is 5. The van der Waals surface area contributed by atoms with Crippen molar-refractivity contribution in [3.63, 3.8) is 0 Å². The van der Waals surface area contributed by atoms with Crippen LogP contribution in [-0.2, 0) is 10.0 Å². The van der Waals surface area contributed by atoms with Gasteiger partial charge in [0.2, 0.25) is 0 Å². The van der Waals surface area contributed by atoms with E-state index >= 15 is 0 Å². The molecule has 1 aromatic carbocycles. The molecule has 0 radical (unpaired) electrons. The van der Waals surface area contributed by atoms with Crippen LogP contribution in [0.4, 0.5) is 11.4 Å². The van der Waals surface area contributed by atoms with Crippen LogP contribution in [0.3, 0.4) is 0 Å². The second-order valence-electron chi connectivity index (χ2n) is 4.13. The molecule has 2 aromatic rings. The van der Waals surface area contributed by atoms with Crippen molar-refractivity contribution in [1.29, 1.82) is 0 Å². The summed E-state index contributed by atoms with van der Waals surface area (Å²) < 4.78 is 26.7. The highest BCUT2D eigenvalue weighted by Crippen LogP contribution is 2.27. The largest absolute Gasteiger partial charge is 0.279 e. The molecule has 110 valence electrons. The van der Waals surface area contributed by atoms with E-state index in [-0.39, 0.29) is 27.0 Å². The van der Waals surface area contributed by atoms with E-state index in [0.717, 1.165) is 0 Å². The number of nitro groups is 1. The van der Waals surface area contributed by atoms with Gasteiger partial charge in [0.05, 0.1) is 21.1 Å². The Bertz CT molecular complexity index is 808. The van der Waals surface area contributed by atoms with Crippen LogP contribution >= 0.6 is 11.6 Å². The fourth-order valence-electron chi connectivity index (χ4n) is 1.69. The summed E-state index contributed by atoms with van der Waals surface area (Å²) in [4.78, 5) is 13.9. The Hall–Kier alpha value is -2.19. The average molecular weight is 328 g/mol. The zero-order valence-corrected chi connectivity index (χ0v) is 12.4. The minimum Gasteiger partial charge on any atom is -0.279 e. The maximum Gasteiger partial charge on any atom is 0.274 e. The molecule has 0 aliphatic carbocycles. The van der Waals surface area contributed by atoms with Crippen LogP contribution in [0, 0.1) is 17.0 Å².